The summed E-state index contributed by atoms with van der Waals surface area (Å²) >= 11 is 0. The second-order valence-corrected chi connectivity index (χ2v) is 4.10. The van der Waals surface area contributed by atoms with Crippen molar-refractivity contribution in [2.45, 2.75) is 19.1 Å². The van der Waals surface area contributed by atoms with Crippen molar-refractivity contribution in [2.75, 3.05) is 13.7 Å². The van der Waals surface area contributed by atoms with Crippen molar-refractivity contribution in [1.82, 2.24) is 5.32 Å². The fourth-order valence-corrected chi connectivity index (χ4v) is 1.72. The summed E-state index contributed by atoms with van der Waals surface area (Å²) in [4.78, 5) is 21.1. The molecule has 2 unspecified atom stereocenters. The van der Waals surface area contributed by atoms with Crippen molar-refractivity contribution in [3.63, 3.8) is 0 Å². The molecule has 110 valence electrons. The standard InChI is InChI=1S/C12H16N2O6/c1-7(15)13-6-9(16)12(17)11-8(14(18)19)4-3-5-10(11)20-2/h3-5,9,12,16-17H,6H2,1-2H3,(H,13,15). The van der Waals surface area contributed by atoms with E-state index in [9.17, 15) is 25.1 Å². The topological polar surface area (TPSA) is 122 Å². The summed E-state index contributed by atoms with van der Waals surface area (Å²) in [6, 6.07) is 4.05. The minimum absolute atomic E-state index is 0.0913. The van der Waals surface area contributed by atoms with Crippen LogP contribution in [0.25, 0.3) is 0 Å². The van der Waals surface area contributed by atoms with Crippen LogP contribution in [0.1, 0.15) is 18.6 Å². The lowest BCUT2D eigenvalue weighted by Gasteiger charge is -2.20. The van der Waals surface area contributed by atoms with E-state index in [2.05, 4.69) is 5.32 Å². The van der Waals surface area contributed by atoms with Crippen LogP contribution in [0.4, 0.5) is 5.69 Å². The Labute approximate surface area is 115 Å². The minimum atomic E-state index is -1.56. The summed E-state index contributed by atoms with van der Waals surface area (Å²) in [6.07, 6.45) is -2.95. The second-order valence-electron chi connectivity index (χ2n) is 4.10. The number of methoxy groups -OCH3 is 1. The molecule has 0 saturated carbocycles. The van der Waals surface area contributed by atoms with Gasteiger partial charge in [0.25, 0.3) is 5.69 Å². The van der Waals surface area contributed by atoms with Gasteiger partial charge in [0.2, 0.25) is 5.91 Å². The Morgan fingerprint density at radius 1 is 1.50 bits per heavy atom. The number of aliphatic hydroxyl groups is 2. The van der Waals surface area contributed by atoms with E-state index in [1.165, 1.54) is 32.2 Å². The average Bonchev–Trinajstić information content (AvgIpc) is 2.42. The Bertz CT molecular complexity index is 505. The van der Waals surface area contributed by atoms with E-state index in [-0.39, 0.29) is 29.5 Å². The average molecular weight is 284 g/mol. The van der Waals surface area contributed by atoms with Gasteiger partial charge in [0.1, 0.15) is 23.5 Å². The molecule has 0 heterocycles. The summed E-state index contributed by atoms with van der Waals surface area (Å²) in [6.45, 7) is 1.02. The predicted molar refractivity (Wildman–Crippen MR) is 69.3 cm³/mol. The number of rotatable bonds is 6. The van der Waals surface area contributed by atoms with Crippen LogP contribution in [-0.2, 0) is 4.79 Å². The maximum Gasteiger partial charge on any atom is 0.279 e. The molecule has 0 radical (unpaired) electrons. The summed E-state index contributed by atoms with van der Waals surface area (Å²) in [7, 11) is 1.30. The van der Waals surface area contributed by atoms with Gasteiger partial charge in [-0.25, -0.2) is 0 Å². The highest BCUT2D eigenvalue weighted by Gasteiger charge is 2.29. The van der Waals surface area contributed by atoms with Crippen LogP contribution < -0.4 is 10.1 Å². The zero-order valence-corrected chi connectivity index (χ0v) is 11.1. The number of hydrogen-bond acceptors (Lipinski definition) is 6. The van der Waals surface area contributed by atoms with Gasteiger partial charge in [-0.1, -0.05) is 6.07 Å². The zero-order valence-electron chi connectivity index (χ0n) is 11.1. The molecule has 1 amide bonds. The largest absolute Gasteiger partial charge is 0.496 e. The zero-order chi connectivity index (χ0) is 15.3. The number of ether oxygens (including phenoxy) is 1. The normalized spacial score (nSPS) is 13.4. The van der Waals surface area contributed by atoms with E-state index in [1.807, 2.05) is 0 Å². The number of carbonyl (C=O) groups is 1. The van der Waals surface area contributed by atoms with E-state index >= 15 is 0 Å². The van der Waals surface area contributed by atoms with Crippen molar-refractivity contribution in [3.8, 4) is 5.75 Å². The first-order chi connectivity index (χ1) is 9.38. The Balaban J connectivity index is 3.09. The summed E-state index contributed by atoms with van der Waals surface area (Å²) in [5, 5.41) is 33.2. The molecule has 0 bridgehead atoms. The second kappa shape index (κ2) is 6.83. The van der Waals surface area contributed by atoms with Crippen LogP contribution in [0.5, 0.6) is 5.75 Å². The molecule has 20 heavy (non-hydrogen) atoms. The lowest BCUT2D eigenvalue weighted by molar-refractivity contribution is -0.386. The van der Waals surface area contributed by atoms with E-state index in [1.54, 1.807) is 0 Å². The molecule has 3 N–H and O–H groups in total. The molecule has 0 aliphatic rings. The molecule has 0 fully saturated rings. The number of amides is 1. The van der Waals surface area contributed by atoms with Crippen LogP contribution in [0.3, 0.4) is 0 Å². The van der Waals surface area contributed by atoms with E-state index in [0.29, 0.717) is 0 Å². The lowest BCUT2D eigenvalue weighted by Crippen LogP contribution is -2.34. The van der Waals surface area contributed by atoms with Crippen LogP contribution >= 0.6 is 0 Å². The number of benzene rings is 1. The van der Waals surface area contributed by atoms with E-state index < -0.39 is 17.1 Å². The molecule has 1 rings (SSSR count). The Morgan fingerprint density at radius 3 is 2.65 bits per heavy atom. The van der Waals surface area contributed by atoms with E-state index in [0.717, 1.165) is 0 Å². The van der Waals surface area contributed by atoms with Crippen molar-refractivity contribution in [3.05, 3.63) is 33.9 Å². The Morgan fingerprint density at radius 2 is 2.15 bits per heavy atom. The molecular weight excluding hydrogens is 268 g/mol. The number of carbonyl (C=O) groups excluding carboxylic acids is 1. The highest BCUT2D eigenvalue weighted by atomic mass is 16.6. The number of nitro groups is 1. The third kappa shape index (κ3) is 3.65. The van der Waals surface area contributed by atoms with Crippen LogP contribution in [-0.4, -0.2) is 40.8 Å². The molecule has 0 aliphatic heterocycles. The van der Waals surface area contributed by atoms with Crippen molar-refractivity contribution in [2.24, 2.45) is 0 Å². The lowest BCUT2D eigenvalue weighted by atomic mass is 10.0. The smallest absolute Gasteiger partial charge is 0.279 e. The van der Waals surface area contributed by atoms with Gasteiger partial charge < -0.3 is 20.3 Å². The van der Waals surface area contributed by atoms with Crippen LogP contribution in [0, 0.1) is 10.1 Å². The first kappa shape index (κ1) is 15.9. The summed E-state index contributed by atoms with van der Waals surface area (Å²) in [5.41, 5.74) is -0.489. The molecule has 8 heteroatoms. The van der Waals surface area contributed by atoms with Crippen molar-refractivity contribution < 1.29 is 24.7 Å². The van der Waals surface area contributed by atoms with Gasteiger partial charge in [0, 0.05) is 19.5 Å². The molecule has 1 aromatic rings. The fraction of sp³-hybridized carbons (Fsp3) is 0.417. The molecule has 0 spiro atoms. The maximum absolute atomic E-state index is 11.0. The first-order valence-corrected chi connectivity index (χ1v) is 5.80. The summed E-state index contributed by atoms with van der Waals surface area (Å²) in [5.74, 6) is -0.292. The van der Waals surface area contributed by atoms with E-state index in [4.69, 9.17) is 4.74 Å². The number of nitro benzene ring substituents is 1. The van der Waals surface area contributed by atoms with Gasteiger partial charge in [-0.15, -0.1) is 0 Å². The number of aliphatic hydroxyl groups excluding tert-OH is 2. The van der Waals surface area contributed by atoms with Gasteiger partial charge >= 0.3 is 0 Å². The Kier molecular flexibility index (Phi) is 5.42. The monoisotopic (exact) mass is 284 g/mol. The van der Waals surface area contributed by atoms with Gasteiger partial charge in [-0.05, 0) is 6.07 Å². The number of nitrogens with zero attached hydrogens (tertiary/aromatic N) is 1. The molecule has 0 aliphatic carbocycles. The van der Waals surface area contributed by atoms with Crippen LogP contribution in [0.15, 0.2) is 18.2 Å². The molecule has 0 saturated heterocycles. The maximum atomic E-state index is 11.0. The molecular formula is C12H16N2O6. The molecule has 8 nitrogen and oxygen atoms in total. The number of nitrogens with one attached hydrogen (secondary N) is 1. The minimum Gasteiger partial charge on any atom is -0.496 e. The molecule has 0 aromatic heterocycles. The molecule has 1 aromatic carbocycles. The molecule has 2 atom stereocenters. The summed E-state index contributed by atoms with van der Waals surface area (Å²) < 4.78 is 4.97. The quantitative estimate of drug-likeness (QED) is 0.504. The third-order valence-electron chi connectivity index (χ3n) is 2.68. The van der Waals surface area contributed by atoms with Crippen molar-refractivity contribution >= 4 is 11.6 Å². The SMILES string of the molecule is COc1cccc([N+](=O)[O-])c1C(O)C(O)CNC(C)=O. The Hall–Kier alpha value is -2.19. The highest BCUT2D eigenvalue weighted by molar-refractivity contribution is 5.72. The van der Waals surface area contributed by atoms with Gasteiger partial charge in [0.15, 0.2) is 0 Å². The third-order valence-corrected chi connectivity index (χ3v) is 2.68. The highest BCUT2D eigenvalue weighted by Crippen LogP contribution is 2.35. The predicted octanol–water partition coefficient (Wildman–Crippen LogP) is 0.134. The van der Waals surface area contributed by atoms with Gasteiger partial charge in [-0.2, -0.15) is 0 Å². The number of hydrogen-bond donors (Lipinski definition) is 3. The first-order valence-electron chi connectivity index (χ1n) is 5.80. The van der Waals surface area contributed by atoms with Crippen molar-refractivity contribution in [1.29, 1.82) is 0 Å². The fourth-order valence-electron chi connectivity index (χ4n) is 1.72. The van der Waals surface area contributed by atoms with Crippen LogP contribution in [0.2, 0.25) is 0 Å². The van der Waals surface area contributed by atoms with Gasteiger partial charge in [0.05, 0.1) is 12.0 Å². The van der Waals surface area contributed by atoms with Gasteiger partial charge in [-0.3, -0.25) is 14.9 Å².